The van der Waals surface area contributed by atoms with Crippen molar-refractivity contribution in [2.45, 2.75) is 94.3 Å². The molecule has 61 heavy (non-hydrogen) atoms. The van der Waals surface area contributed by atoms with E-state index in [0.29, 0.717) is 31.7 Å². The van der Waals surface area contributed by atoms with Gasteiger partial charge in [-0.15, -0.1) is 11.8 Å². The van der Waals surface area contributed by atoms with Gasteiger partial charge in [-0.05, 0) is 91.5 Å². The van der Waals surface area contributed by atoms with Crippen molar-refractivity contribution in [1.29, 1.82) is 0 Å². The first-order valence-electron chi connectivity index (χ1n) is 22.2. The van der Waals surface area contributed by atoms with Crippen molar-refractivity contribution in [3.05, 3.63) is 174 Å². The number of nitrogens with zero attached hydrogens (tertiary/aromatic N) is 1. The third kappa shape index (κ3) is 13.0. The zero-order chi connectivity index (χ0) is 42.5. The summed E-state index contributed by atoms with van der Waals surface area (Å²) in [4.78, 5) is 55.9. The molecule has 0 spiro atoms. The second-order valence-electron chi connectivity index (χ2n) is 16.0. The van der Waals surface area contributed by atoms with Gasteiger partial charge in [0.2, 0.25) is 11.7 Å². The zero-order valence-corrected chi connectivity index (χ0v) is 36.1. The van der Waals surface area contributed by atoms with Gasteiger partial charge in [-0.1, -0.05) is 165 Å². The molecule has 1 saturated heterocycles. The fourth-order valence-corrected chi connectivity index (χ4v) is 9.98. The van der Waals surface area contributed by atoms with Crippen LogP contribution in [-0.4, -0.2) is 53.4 Å². The van der Waals surface area contributed by atoms with Gasteiger partial charge in [-0.25, -0.2) is 0 Å². The number of likely N-dealkylation sites (tertiary alicyclic amines) is 1. The normalized spacial score (nSPS) is 14.5. The summed E-state index contributed by atoms with van der Waals surface area (Å²) in [6.45, 7) is 0.868. The molecule has 7 nitrogen and oxygen atoms in total. The van der Waals surface area contributed by atoms with Crippen molar-refractivity contribution in [2.75, 3.05) is 18.8 Å². The molecule has 1 aliphatic rings. The van der Waals surface area contributed by atoms with E-state index in [1.165, 1.54) is 27.2 Å². The Labute approximate surface area is 366 Å². The number of carbonyl (C=O) groups excluding carboxylic acids is 4. The summed E-state index contributed by atoms with van der Waals surface area (Å²) in [6, 6.07) is 50.6. The lowest BCUT2D eigenvalue weighted by Gasteiger charge is -2.35. The number of nitrogens with one attached hydrogen (secondary N) is 1. The van der Waals surface area contributed by atoms with Crippen molar-refractivity contribution in [1.82, 2.24) is 10.2 Å². The standard InChI is InChI=1S/C53H60N2O5S/c56-49(60-47-34-18-8-19-35-47)38-37-43(50(57)52(59)55-40-21-20-36-48(55)51(58)54-39-23-26-42-24-9-4-10-25-42)27-11-2-1-3-22-41-61-53(44-28-12-5-13-29-44,45-30-14-6-15-31-45)46-32-16-7-17-33-46/h4-10,12-19,24-25,28-35,43,48H,1-3,11,20-23,26-27,36-41H2,(H,54,58)/t43-,48?/m0/s1. The van der Waals surface area contributed by atoms with Crippen LogP contribution >= 0.6 is 11.8 Å². The largest absolute Gasteiger partial charge is 0.427 e. The van der Waals surface area contributed by atoms with Crippen LogP contribution in [0.3, 0.4) is 0 Å². The number of hydrogen-bond acceptors (Lipinski definition) is 6. The molecule has 2 amide bonds. The molecule has 1 aliphatic heterocycles. The number of ketones is 1. The SMILES string of the molecule is O=C(CC[C@H](CCCCCCCSC(c1ccccc1)(c1ccccc1)c1ccccc1)C(=O)C(=O)N1CCCCC1C(=O)NCCCc1ccccc1)Oc1ccccc1. The van der Waals surface area contributed by atoms with Crippen molar-refractivity contribution < 1.29 is 23.9 Å². The Bertz CT molecular complexity index is 1990. The number of ether oxygens (including phenoxy) is 1. The number of Topliss-reactive ketones (excluding diaryl/α,β-unsaturated/α-hetero) is 1. The molecule has 0 aliphatic carbocycles. The van der Waals surface area contributed by atoms with Crippen LogP contribution in [0.2, 0.25) is 0 Å². The molecule has 1 fully saturated rings. The van der Waals surface area contributed by atoms with Crippen molar-refractivity contribution >= 4 is 35.3 Å². The molecule has 0 bridgehead atoms. The molecule has 6 rings (SSSR count). The van der Waals surface area contributed by atoms with Crippen LogP contribution in [0.15, 0.2) is 152 Å². The summed E-state index contributed by atoms with van der Waals surface area (Å²) in [7, 11) is 0. The van der Waals surface area contributed by atoms with E-state index in [1.54, 1.807) is 24.3 Å². The first kappa shape index (κ1) is 45.1. The van der Waals surface area contributed by atoms with Crippen molar-refractivity contribution in [3.63, 3.8) is 0 Å². The number of amides is 2. The van der Waals surface area contributed by atoms with Crippen LogP contribution in [0.4, 0.5) is 0 Å². The molecule has 0 aromatic heterocycles. The minimum absolute atomic E-state index is 0.0210. The van der Waals surface area contributed by atoms with E-state index >= 15 is 0 Å². The quantitative estimate of drug-likeness (QED) is 0.0232. The Morgan fingerprint density at radius 2 is 1.18 bits per heavy atom. The average molecular weight is 837 g/mol. The van der Waals surface area contributed by atoms with Crippen LogP contribution < -0.4 is 10.1 Å². The number of carbonyl (C=O) groups is 4. The number of thioether (sulfide) groups is 1. The number of piperidine rings is 1. The summed E-state index contributed by atoms with van der Waals surface area (Å²) in [5, 5.41) is 3.03. The first-order chi connectivity index (χ1) is 30.0. The fraction of sp³-hybridized carbons (Fsp3) is 0.358. The number of aryl methyl sites for hydroxylation is 1. The molecule has 1 unspecified atom stereocenters. The Morgan fingerprint density at radius 3 is 1.79 bits per heavy atom. The number of para-hydroxylation sites is 1. The van der Waals surface area contributed by atoms with E-state index < -0.39 is 29.6 Å². The summed E-state index contributed by atoms with van der Waals surface area (Å²) in [5.74, 6) is -0.973. The molecular weight excluding hydrogens is 777 g/mol. The number of hydrogen-bond donors (Lipinski definition) is 1. The third-order valence-electron chi connectivity index (χ3n) is 11.7. The minimum Gasteiger partial charge on any atom is -0.427 e. The highest BCUT2D eigenvalue weighted by Crippen LogP contribution is 2.48. The predicted octanol–water partition coefficient (Wildman–Crippen LogP) is 10.8. The van der Waals surface area contributed by atoms with Gasteiger partial charge in [0.25, 0.3) is 5.91 Å². The summed E-state index contributed by atoms with van der Waals surface area (Å²) in [6.07, 6.45) is 9.21. The van der Waals surface area contributed by atoms with Gasteiger partial charge in [0.15, 0.2) is 0 Å². The topological polar surface area (TPSA) is 92.8 Å². The Hall–Kier alpha value is -5.47. The van der Waals surface area contributed by atoms with Crippen LogP contribution in [0.1, 0.15) is 99.3 Å². The maximum absolute atomic E-state index is 14.1. The maximum atomic E-state index is 14.1. The summed E-state index contributed by atoms with van der Waals surface area (Å²) >= 11 is 1.97. The van der Waals surface area contributed by atoms with Gasteiger partial charge < -0.3 is 15.0 Å². The highest BCUT2D eigenvalue weighted by molar-refractivity contribution is 8.00. The van der Waals surface area contributed by atoms with E-state index in [4.69, 9.17) is 4.74 Å². The van der Waals surface area contributed by atoms with E-state index in [0.717, 1.165) is 63.5 Å². The molecule has 1 heterocycles. The third-order valence-corrected chi connectivity index (χ3v) is 13.3. The van der Waals surface area contributed by atoms with Gasteiger partial charge in [0, 0.05) is 25.4 Å². The van der Waals surface area contributed by atoms with E-state index in [1.807, 2.05) is 36.0 Å². The lowest BCUT2D eigenvalue weighted by molar-refractivity contribution is -0.152. The van der Waals surface area contributed by atoms with Crippen molar-refractivity contribution in [2.24, 2.45) is 5.92 Å². The van der Waals surface area contributed by atoms with Crippen molar-refractivity contribution in [3.8, 4) is 5.75 Å². The highest BCUT2D eigenvalue weighted by atomic mass is 32.2. The predicted molar refractivity (Wildman–Crippen MR) is 246 cm³/mol. The Kier molecular flexibility index (Phi) is 17.8. The molecule has 8 heteroatoms. The van der Waals surface area contributed by atoms with E-state index in [9.17, 15) is 19.2 Å². The Morgan fingerprint density at radius 1 is 0.639 bits per heavy atom. The van der Waals surface area contributed by atoms with Crippen LogP contribution in [-0.2, 0) is 30.3 Å². The van der Waals surface area contributed by atoms with E-state index in [2.05, 4.69) is 108 Å². The van der Waals surface area contributed by atoms with Gasteiger partial charge >= 0.3 is 5.97 Å². The maximum Gasteiger partial charge on any atom is 0.311 e. The number of esters is 1. The zero-order valence-electron chi connectivity index (χ0n) is 35.3. The summed E-state index contributed by atoms with van der Waals surface area (Å²) < 4.78 is 5.19. The number of unbranched alkanes of at least 4 members (excludes halogenated alkanes) is 4. The highest BCUT2D eigenvalue weighted by Gasteiger charge is 2.38. The number of benzene rings is 5. The molecule has 5 aromatic rings. The molecule has 0 saturated carbocycles. The molecular formula is C53H60N2O5S. The first-order valence-corrected chi connectivity index (χ1v) is 23.2. The minimum atomic E-state index is -0.673. The summed E-state index contributed by atoms with van der Waals surface area (Å²) in [5.41, 5.74) is 4.98. The van der Waals surface area contributed by atoms with E-state index in [-0.39, 0.29) is 23.5 Å². The van der Waals surface area contributed by atoms with Gasteiger partial charge in [0.05, 0.1) is 4.75 Å². The van der Waals surface area contributed by atoms with Crippen LogP contribution in [0.25, 0.3) is 0 Å². The molecule has 2 atom stereocenters. The molecule has 318 valence electrons. The second kappa shape index (κ2) is 24.1. The van der Waals surface area contributed by atoms with Crippen LogP contribution in [0.5, 0.6) is 5.75 Å². The molecule has 0 radical (unpaired) electrons. The Balaban J connectivity index is 1.03. The van der Waals surface area contributed by atoms with Gasteiger partial charge in [-0.2, -0.15) is 0 Å². The average Bonchev–Trinajstić information content (AvgIpc) is 3.32. The lowest BCUT2D eigenvalue weighted by atomic mass is 9.84. The molecule has 1 N–H and O–H groups in total. The van der Waals surface area contributed by atoms with Gasteiger partial charge in [-0.3, -0.25) is 19.2 Å². The van der Waals surface area contributed by atoms with Gasteiger partial charge in [0.1, 0.15) is 11.8 Å². The lowest BCUT2D eigenvalue weighted by Crippen LogP contribution is -2.54. The monoisotopic (exact) mass is 836 g/mol. The molecule has 5 aromatic carbocycles. The second-order valence-corrected chi connectivity index (χ2v) is 17.3. The number of rotatable bonds is 23. The smallest absolute Gasteiger partial charge is 0.311 e. The van der Waals surface area contributed by atoms with Crippen LogP contribution in [0, 0.1) is 5.92 Å². The fourth-order valence-electron chi connectivity index (χ4n) is 8.42.